The molecule has 0 aromatic heterocycles. The monoisotopic (exact) mass is 368 g/mol. The SMILES string of the molecule is C=C.C=C(C)C(=O)OCC1CO1.C=CC(=O)OCCCCOC(=O)C=C. The van der Waals surface area contributed by atoms with Gasteiger partial charge in [-0.25, -0.2) is 14.4 Å². The smallest absolute Gasteiger partial charge is 0.333 e. The Balaban J connectivity index is 0. The summed E-state index contributed by atoms with van der Waals surface area (Å²) in [6.45, 7) is 19.3. The first-order chi connectivity index (χ1) is 12.4. The maximum absolute atomic E-state index is 10.7. The lowest BCUT2D eigenvalue weighted by Gasteiger charge is -2.02. The number of epoxide rings is 1. The van der Waals surface area contributed by atoms with Crippen LogP contribution in [-0.2, 0) is 33.3 Å². The first-order valence-electron chi connectivity index (χ1n) is 7.93. The first kappa shape index (κ1) is 25.6. The molecule has 1 unspecified atom stereocenters. The highest BCUT2D eigenvalue weighted by Crippen LogP contribution is 2.09. The minimum absolute atomic E-state index is 0.142. The standard InChI is InChI=1S/C10H14O4.C7H10O3.C2H4/c1-3-9(11)13-7-5-6-8-14-10(12)4-2;1-5(2)7(8)10-4-6-3-9-6;1-2/h3-4H,1-2,5-8H2;6H,1,3-4H2,2H3;1-2H2. The van der Waals surface area contributed by atoms with E-state index in [0.717, 1.165) is 12.2 Å². The van der Waals surface area contributed by atoms with Gasteiger partial charge in [0.15, 0.2) is 0 Å². The summed E-state index contributed by atoms with van der Waals surface area (Å²) < 4.78 is 19.0. The Morgan fingerprint density at radius 1 is 1.00 bits per heavy atom. The van der Waals surface area contributed by atoms with Crippen LogP contribution in [0.4, 0.5) is 0 Å². The molecule has 1 fully saturated rings. The van der Waals surface area contributed by atoms with Crippen molar-refractivity contribution in [3.05, 3.63) is 50.6 Å². The molecule has 1 aliphatic rings. The molecular formula is C19H28O7. The molecule has 0 radical (unpaired) electrons. The van der Waals surface area contributed by atoms with Crippen molar-refractivity contribution in [3.63, 3.8) is 0 Å². The normalized spacial score (nSPS) is 13.3. The molecule has 7 heteroatoms. The molecule has 0 aromatic carbocycles. The maximum atomic E-state index is 10.7. The van der Waals surface area contributed by atoms with Gasteiger partial charge in [-0.2, -0.15) is 0 Å². The third-order valence-electron chi connectivity index (χ3n) is 2.51. The molecule has 146 valence electrons. The Labute approximate surface area is 154 Å². The summed E-state index contributed by atoms with van der Waals surface area (Å²) in [5, 5.41) is 0. The second-order valence-corrected chi connectivity index (χ2v) is 4.78. The van der Waals surface area contributed by atoms with E-state index in [-0.39, 0.29) is 12.1 Å². The van der Waals surface area contributed by atoms with E-state index in [4.69, 9.17) is 18.9 Å². The Morgan fingerprint density at radius 3 is 1.73 bits per heavy atom. The Morgan fingerprint density at radius 2 is 1.42 bits per heavy atom. The van der Waals surface area contributed by atoms with E-state index in [0.29, 0.717) is 44.8 Å². The molecule has 1 heterocycles. The molecule has 0 amide bonds. The van der Waals surface area contributed by atoms with Crippen molar-refractivity contribution in [2.45, 2.75) is 25.9 Å². The van der Waals surface area contributed by atoms with E-state index in [1.54, 1.807) is 6.92 Å². The van der Waals surface area contributed by atoms with Crippen LogP contribution in [0.2, 0.25) is 0 Å². The number of rotatable bonds is 10. The summed E-state index contributed by atoms with van der Waals surface area (Å²) >= 11 is 0. The van der Waals surface area contributed by atoms with E-state index >= 15 is 0 Å². The van der Waals surface area contributed by atoms with Crippen LogP contribution in [0, 0.1) is 0 Å². The molecule has 1 aliphatic heterocycles. The van der Waals surface area contributed by atoms with Crippen LogP contribution in [0.3, 0.4) is 0 Å². The average Bonchev–Trinajstić information content (AvgIpc) is 3.48. The van der Waals surface area contributed by atoms with Crippen molar-refractivity contribution in [1.29, 1.82) is 0 Å². The highest BCUT2D eigenvalue weighted by molar-refractivity contribution is 5.86. The van der Waals surface area contributed by atoms with Gasteiger partial charge in [0.1, 0.15) is 12.7 Å². The van der Waals surface area contributed by atoms with Gasteiger partial charge >= 0.3 is 17.9 Å². The maximum Gasteiger partial charge on any atom is 0.333 e. The molecule has 0 N–H and O–H groups in total. The van der Waals surface area contributed by atoms with Gasteiger partial charge in [-0.15, -0.1) is 13.2 Å². The van der Waals surface area contributed by atoms with Gasteiger partial charge in [0.25, 0.3) is 0 Å². The summed E-state index contributed by atoms with van der Waals surface area (Å²) in [7, 11) is 0. The van der Waals surface area contributed by atoms with Crippen LogP contribution in [0.1, 0.15) is 19.8 Å². The quantitative estimate of drug-likeness (QED) is 0.146. The molecule has 1 atom stereocenters. The van der Waals surface area contributed by atoms with Gasteiger partial charge in [0.05, 0.1) is 19.8 Å². The lowest BCUT2D eigenvalue weighted by Crippen LogP contribution is -2.09. The summed E-state index contributed by atoms with van der Waals surface area (Å²) in [4.78, 5) is 31.8. The fourth-order valence-electron chi connectivity index (χ4n) is 1.12. The average molecular weight is 368 g/mol. The highest BCUT2D eigenvalue weighted by Gasteiger charge is 2.24. The summed E-state index contributed by atoms with van der Waals surface area (Å²) in [5.41, 5.74) is 0.431. The van der Waals surface area contributed by atoms with Crippen LogP contribution >= 0.6 is 0 Å². The number of ether oxygens (including phenoxy) is 4. The fourth-order valence-corrected chi connectivity index (χ4v) is 1.12. The third-order valence-corrected chi connectivity index (χ3v) is 2.51. The van der Waals surface area contributed by atoms with Crippen molar-refractivity contribution in [3.8, 4) is 0 Å². The molecule has 0 aromatic rings. The molecule has 0 saturated carbocycles. The lowest BCUT2D eigenvalue weighted by molar-refractivity contribution is -0.140. The predicted octanol–water partition coefficient (Wildman–Crippen LogP) is 2.53. The summed E-state index contributed by atoms with van der Waals surface area (Å²) in [5.74, 6) is -1.21. The van der Waals surface area contributed by atoms with E-state index in [1.165, 1.54) is 0 Å². The second kappa shape index (κ2) is 17.2. The van der Waals surface area contributed by atoms with Crippen LogP contribution in [0.5, 0.6) is 0 Å². The van der Waals surface area contributed by atoms with Gasteiger partial charge in [0, 0.05) is 17.7 Å². The number of carbonyl (C=O) groups excluding carboxylic acids is 3. The van der Waals surface area contributed by atoms with Crippen molar-refractivity contribution in [1.82, 2.24) is 0 Å². The molecule has 0 spiro atoms. The molecule has 0 bridgehead atoms. The van der Waals surface area contributed by atoms with E-state index in [2.05, 4.69) is 32.9 Å². The zero-order valence-electron chi connectivity index (χ0n) is 15.4. The summed E-state index contributed by atoms with van der Waals surface area (Å²) in [6, 6.07) is 0. The van der Waals surface area contributed by atoms with Crippen molar-refractivity contribution in [2.75, 3.05) is 26.4 Å². The zero-order valence-corrected chi connectivity index (χ0v) is 15.4. The molecule has 26 heavy (non-hydrogen) atoms. The topological polar surface area (TPSA) is 91.4 Å². The van der Waals surface area contributed by atoms with Gasteiger partial charge in [0.2, 0.25) is 0 Å². The number of esters is 3. The van der Waals surface area contributed by atoms with Gasteiger partial charge in [-0.05, 0) is 19.8 Å². The number of hydrogen-bond acceptors (Lipinski definition) is 7. The first-order valence-corrected chi connectivity index (χ1v) is 7.93. The molecule has 1 rings (SSSR count). The van der Waals surface area contributed by atoms with Crippen molar-refractivity contribution >= 4 is 17.9 Å². The number of unbranched alkanes of at least 4 members (excludes halogenated alkanes) is 1. The van der Waals surface area contributed by atoms with Crippen LogP contribution in [0.25, 0.3) is 0 Å². The minimum Gasteiger partial charge on any atom is -0.463 e. The van der Waals surface area contributed by atoms with Crippen molar-refractivity contribution < 1.29 is 33.3 Å². The highest BCUT2D eigenvalue weighted by atomic mass is 16.6. The van der Waals surface area contributed by atoms with Crippen LogP contribution in [0.15, 0.2) is 50.6 Å². The number of carbonyl (C=O) groups is 3. The lowest BCUT2D eigenvalue weighted by atomic mass is 10.3. The van der Waals surface area contributed by atoms with E-state index < -0.39 is 11.9 Å². The third kappa shape index (κ3) is 17.7. The second-order valence-electron chi connectivity index (χ2n) is 4.78. The molecular weight excluding hydrogens is 340 g/mol. The van der Waals surface area contributed by atoms with Gasteiger partial charge in [-0.3, -0.25) is 0 Å². The summed E-state index contributed by atoms with van der Waals surface area (Å²) in [6.07, 6.45) is 3.67. The van der Waals surface area contributed by atoms with Crippen LogP contribution < -0.4 is 0 Å². The van der Waals surface area contributed by atoms with Crippen molar-refractivity contribution in [2.24, 2.45) is 0 Å². The minimum atomic E-state index is -0.437. The molecule has 7 nitrogen and oxygen atoms in total. The van der Waals surface area contributed by atoms with Gasteiger partial charge < -0.3 is 18.9 Å². The largest absolute Gasteiger partial charge is 0.463 e. The number of hydrogen-bond donors (Lipinski definition) is 0. The Hall–Kier alpha value is -2.67. The fraction of sp³-hybridized carbons (Fsp3) is 0.421. The zero-order chi connectivity index (χ0) is 20.4. The predicted molar refractivity (Wildman–Crippen MR) is 98.3 cm³/mol. The van der Waals surface area contributed by atoms with Crippen LogP contribution in [-0.4, -0.2) is 50.4 Å². The Kier molecular flexibility index (Phi) is 16.9. The Bertz CT molecular complexity index is 454. The van der Waals surface area contributed by atoms with E-state index in [1.807, 2.05) is 0 Å². The molecule has 0 aliphatic carbocycles. The molecule has 1 saturated heterocycles. The van der Waals surface area contributed by atoms with E-state index in [9.17, 15) is 14.4 Å². The van der Waals surface area contributed by atoms with Gasteiger partial charge in [-0.1, -0.05) is 19.7 Å².